The van der Waals surface area contributed by atoms with Crippen molar-refractivity contribution < 1.29 is 13.2 Å². The summed E-state index contributed by atoms with van der Waals surface area (Å²) in [5.41, 5.74) is 0.632. The van der Waals surface area contributed by atoms with Crippen molar-refractivity contribution in [3.63, 3.8) is 0 Å². The molecule has 0 unspecified atom stereocenters. The van der Waals surface area contributed by atoms with Crippen molar-refractivity contribution >= 4 is 33.4 Å². The average Bonchev–Trinajstić information content (AvgIpc) is 2.55. The van der Waals surface area contributed by atoms with Crippen molar-refractivity contribution in [2.24, 2.45) is 0 Å². The van der Waals surface area contributed by atoms with E-state index in [2.05, 4.69) is 10.0 Å². The van der Waals surface area contributed by atoms with Crippen LogP contribution >= 0.6 is 11.8 Å². The summed E-state index contributed by atoms with van der Waals surface area (Å²) in [6, 6.07) is 14.4. The van der Waals surface area contributed by atoms with Gasteiger partial charge < -0.3 is 5.32 Å². The first-order valence-corrected chi connectivity index (χ1v) is 9.65. The van der Waals surface area contributed by atoms with Gasteiger partial charge in [0.2, 0.25) is 15.9 Å². The van der Waals surface area contributed by atoms with E-state index in [0.717, 1.165) is 4.90 Å². The Balaban J connectivity index is 2.05. The highest BCUT2D eigenvalue weighted by atomic mass is 32.2. The van der Waals surface area contributed by atoms with Gasteiger partial charge in [-0.2, -0.15) is 4.72 Å². The zero-order valence-corrected chi connectivity index (χ0v) is 14.4. The molecule has 0 heterocycles. The predicted molar refractivity (Wildman–Crippen MR) is 93.1 cm³/mol. The summed E-state index contributed by atoms with van der Waals surface area (Å²) in [5, 5.41) is 2.71. The van der Waals surface area contributed by atoms with Gasteiger partial charge in [0.25, 0.3) is 0 Å². The molecule has 1 atom stereocenters. The van der Waals surface area contributed by atoms with Gasteiger partial charge in [0.05, 0.1) is 10.9 Å². The summed E-state index contributed by atoms with van der Waals surface area (Å²) in [4.78, 5) is 13.3. The predicted octanol–water partition coefficient (Wildman–Crippen LogP) is 2.71. The number of thioether (sulfide) groups is 1. The Bertz CT molecular complexity index is 777. The Hall–Kier alpha value is -1.83. The van der Waals surface area contributed by atoms with Gasteiger partial charge in [0, 0.05) is 10.6 Å². The van der Waals surface area contributed by atoms with E-state index in [9.17, 15) is 13.2 Å². The monoisotopic (exact) mass is 350 g/mol. The van der Waals surface area contributed by atoms with Crippen LogP contribution in [0.1, 0.15) is 6.92 Å². The summed E-state index contributed by atoms with van der Waals surface area (Å²) < 4.78 is 26.8. The van der Waals surface area contributed by atoms with Gasteiger partial charge in [-0.25, -0.2) is 8.42 Å². The summed E-state index contributed by atoms with van der Waals surface area (Å²) >= 11 is 1.56. The average molecular weight is 350 g/mol. The molecule has 0 saturated carbocycles. The Morgan fingerprint density at radius 1 is 1.09 bits per heavy atom. The second-order valence-electron chi connectivity index (χ2n) is 4.88. The van der Waals surface area contributed by atoms with Crippen LogP contribution in [-0.2, 0) is 14.8 Å². The molecule has 0 spiro atoms. The lowest BCUT2D eigenvalue weighted by Gasteiger charge is -2.14. The molecule has 7 heteroatoms. The number of nitrogens with one attached hydrogen (secondary N) is 2. The van der Waals surface area contributed by atoms with Crippen LogP contribution in [0, 0.1) is 0 Å². The number of hydrogen-bond donors (Lipinski definition) is 2. The van der Waals surface area contributed by atoms with Crippen LogP contribution in [0.15, 0.2) is 64.4 Å². The van der Waals surface area contributed by atoms with Gasteiger partial charge in [-0.15, -0.1) is 11.8 Å². The summed E-state index contributed by atoms with van der Waals surface area (Å²) in [6.07, 6.45) is 1.94. The molecule has 0 aliphatic carbocycles. The minimum atomic E-state index is -3.72. The minimum absolute atomic E-state index is 0.129. The normalized spacial score (nSPS) is 12.6. The number of carbonyl (C=O) groups is 1. The largest absolute Gasteiger partial charge is 0.325 e. The van der Waals surface area contributed by atoms with Crippen LogP contribution < -0.4 is 10.0 Å². The molecule has 0 aliphatic heterocycles. The molecule has 2 aromatic rings. The van der Waals surface area contributed by atoms with E-state index in [1.165, 1.54) is 19.1 Å². The van der Waals surface area contributed by atoms with E-state index in [4.69, 9.17) is 0 Å². The summed E-state index contributed by atoms with van der Waals surface area (Å²) in [7, 11) is -3.72. The van der Waals surface area contributed by atoms with Crippen LogP contribution in [-0.4, -0.2) is 26.6 Å². The standard InChI is InChI=1S/C16H18N2O3S2/c1-12(18-23(20,21)15-9-4-3-5-10-15)16(19)17-13-7-6-8-14(11-13)22-2/h3-12,18H,1-2H3,(H,17,19)/t12-/m0/s1. The van der Waals surface area contributed by atoms with Crippen molar-refractivity contribution in [3.8, 4) is 0 Å². The third kappa shape index (κ3) is 4.82. The lowest BCUT2D eigenvalue weighted by Crippen LogP contribution is -2.41. The summed E-state index contributed by atoms with van der Waals surface area (Å²) in [6.45, 7) is 1.51. The highest BCUT2D eigenvalue weighted by molar-refractivity contribution is 7.98. The summed E-state index contributed by atoms with van der Waals surface area (Å²) in [5.74, 6) is -0.414. The first-order valence-electron chi connectivity index (χ1n) is 6.94. The molecular weight excluding hydrogens is 332 g/mol. The lowest BCUT2D eigenvalue weighted by molar-refractivity contribution is -0.117. The van der Waals surface area contributed by atoms with Crippen LogP contribution in [0.5, 0.6) is 0 Å². The maximum absolute atomic E-state index is 12.2. The Morgan fingerprint density at radius 3 is 2.43 bits per heavy atom. The number of hydrogen-bond acceptors (Lipinski definition) is 4. The first-order chi connectivity index (χ1) is 10.9. The Kier molecular flexibility index (Phi) is 5.81. The smallest absolute Gasteiger partial charge is 0.242 e. The van der Waals surface area contributed by atoms with Crippen LogP contribution in [0.2, 0.25) is 0 Å². The maximum atomic E-state index is 12.2. The van der Waals surface area contributed by atoms with Gasteiger partial charge in [0.15, 0.2) is 0 Å². The molecule has 0 fully saturated rings. The number of amides is 1. The lowest BCUT2D eigenvalue weighted by atomic mass is 10.3. The molecule has 5 nitrogen and oxygen atoms in total. The Labute approximate surface area is 140 Å². The van der Waals surface area contributed by atoms with E-state index in [1.807, 2.05) is 24.5 Å². The maximum Gasteiger partial charge on any atom is 0.242 e. The second kappa shape index (κ2) is 7.63. The van der Waals surface area contributed by atoms with Gasteiger partial charge >= 0.3 is 0 Å². The molecule has 23 heavy (non-hydrogen) atoms. The second-order valence-corrected chi connectivity index (χ2v) is 7.47. The number of rotatable bonds is 6. The topological polar surface area (TPSA) is 75.3 Å². The number of anilines is 1. The van der Waals surface area contributed by atoms with E-state index in [1.54, 1.807) is 36.0 Å². The molecule has 122 valence electrons. The molecule has 0 aromatic heterocycles. The molecule has 2 rings (SSSR count). The highest BCUT2D eigenvalue weighted by Gasteiger charge is 2.21. The molecule has 0 saturated heterocycles. The van der Waals surface area contributed by atoms with Gasteiger partial charge in [-0.05, 0) is 43.5 Å². The van der Waals surface area contributed by atoms with Crippen molar-refractivity contribution in [2.45, 2.75) is 22.8 Å². The molecule has 0 bridgehead atoms. The van der Waals surface area contributed by atoms with E-state index in [-0.39, 0.29) is 4.90 Å². The van der Waals surface area contributed by atoms with Crippen molar-refractivity contribution in [3.05, 3.63) is 54.6 Å². The molecule has 0 radical (unpaired) electrons. The van der Waals surface area contributed by atoms with E-state index in [0.29, 0.717) is 5.69 Å². The molecule has 0 aliphatic rings. The number of carbonyl (C=O) groups excluding carboxylic acids is 1. The fourth-order valence-corrected chi connectivity index (χ4v) is 3.59. The third-order valence-electron chi connectivity index (χ3n) is 3.12. The van der Waals surface area contributed by atoms with Gasteiger partial charge in [-0.1, -0.05) is 24.3 Å². The Morgan fingerprint density at radius 2 is 1.78 bits per heavy atom. The quantitative estimate of drug-likeness (QED) is 0.786. The first kappa shape index (κ1) is 17.5. The van der Waals surface area contributed by atoms with Crippen molar-refractivity contribution in [2.75, 3.05) is 11.6 Å². The SMILES string of the molecule is CSc1cccc(NC(=O)[C@H](C)NS(=O)(=O)c2ccccc2)c1. The van der Waals surface area contributed by atoms with Crippen LogP contribution in [0.4, 0.5) is 5.69 Å². The zero-order valence-electron chi connectivity index (χ0n) is 12.8. The third-order valence-corrected chi connectivity index (χ3v) is 5.40. The number of sulfonamides is 1. The van der Waals surface area contributed by atoms with Crippen molar-refractivity contribution in [1.29, 1.82) is 0 Å². The molecule has 2 aromatic carbocycles. The van der Waals surface area contributed by atoms with Crippen LogP contribution in [0.3, 0.4) is 0 Å². The van der Waals surface area contributed by atoms with Gasteiger partial charge in [-0.3, -0.25) is 4.79 Å². The van der Waals surface area contributed by atoms with Gasteiger partial charge in [0.1, 0.15) is 0 Å². The van der Waals surface area contributed by atoms with E-state index >= 15 is 0 Å². The van der Waals surface area contributed by atoms with Crippen LogP contribution in [0.25, 0.3) is 0 Å². The molecular formula is C16H18N2O3S2. The van der Waals surface area contributed by atoms with E-state index < -0.39 is 22.0 Å². The highest BCUT2D eigenvalue weighted by Crippen LogP contribution is 2.19. The molecule has 2 N–H and O–H groups in total. The minimum Gasteiger partial charge on any atom is -0.325 e. The van der Waals surface area contributed by atoms with Crippen molar-refractivity contribution in [1.82, 2.24) is 4.72 Å². The molecule has 1 amide bonds. The number of benzene rings is 2. The zero-order chi connectivity index (χ0) is 16.9. The fourth-order valence-electron chi connectivity index (χ4n) is 1.91. The fraction of sp³-hybridized carbons (Fsp3) is 0.188.